The quantitative estimate of drug-likeness (QED) is 0.894. The van der Waals surface area contributed by atoms with Gasteiger partial charge in [-0.1, -0.05) is 18.5 Å². The number of likely N-dealkylation sites (tertiary alicyclic amines) is 1. The summed E-state index contributed by atoms with van der Waals surface area (Å²) in [5.74, 6) is -0.341. The van der Waals surface area contributed by atoms with Crippen LogP contribution in [-0.2, 0) is 4.79 Å². The van der Waals surface area contributed by atoms with Crippen LogP contribution in [0, 0.1) is 11.7 Å². The highest BCUT2D eigenvalue weighted by Gasteiger charge is 2.26. The first-order valence-electron chi connectivity index (χ1n) is 8.02. The highest BCUT2D eigenvalue weighted by atomic mass is 35.5. The monoisotopic (exact) mass is 340 g/mol. The third kappa shape index (κ3) is 4.93. The summed E-state index contributed by atoms with van der Waals surface area (Å²) in [7, 11) is 0. The Bertz CT molecular complexity index is 580. The molecule has 126 valence electrons. The van der Waals surface area contributed by atoms with Crippen LogP contribution in [0.25, 0.3) is 0 Å². The molecule has 1 atom stereocenters. The van der Waals surface area contributed by atoms with Gasteiger partial charge in [0.15, 0.2) is 0 Å². The number of piperidine rings is 1. The van der Waals surface area contributed by atoms with E-state index in [1.165, 1.54) is 12.1 Å². The van der Waals surface area contributed by atoms with Crippen molar-refractivity contribution in [3.05, 3.63) is 34.6 Å². The van der Waals surface area contributed by atoms with E-state index in [4.69, 9.17) is 11.6 Å². The van der Waals surface area contributed by atoms with Crippen LogP contribution in [0.4, 0.5) is 4.39 Å². The lowest BCUT2D eigenvalue weighted by Crippen LogP contribution is -2.43. The van der Waals surface area contributed by atoms with Gasteiger partial charge >= 0.3 is 0 Å². The van der Waals surface area contributed by atoms with Crippen molar-refractivity contribution in [2.24, 2.45) is 5.92 Å². The lowest BCUT2D eigenvalue weighted by atomic mass is 9.97. The van der Waals surface area contributed by atoms with Gasteiger partial charge in [0.1, 0.15) is 5.82 Å². The molecular formula is C17H22ClFN2O2. The van der Waals surface area contributed by atoms with E-state index in [2.05, 4.69) is 5.32 Å². The molecule has 1 aliphatic heterocycles. The average molecular weight is 341 g/mol. The highest BCUT2D eigenvalue weighted by molar-refractivity contribution is 6.33. The molecule has 6 heteroatoms. The molecule has 1 aromatic carbocycles. The van der Waals surface area contributed by atoms with Crippen LogP contribution < -0.4 is 5.32 Å². The predicted molar refractivity (Wildman–Crippen MR) is 88.0 cm³/mol. The van der Waals surface area contributed by atoms with Gasteiger partial charge in [-0.2, -0.15) is 0 Å². The van der Waals surface area contributed by atoms with E-state index in [9.17, 15) is 14.0 Å². The van der Waals surface area contributed by atoms with E-state index in [1.807, 2.05) is 6.92 Å². The molecule has 1 aromatic rings. The molecule has 23 heavy (non-hydrogen) atoms. The largest absolute Gasteiger partial charge is 0.356 e. The molecule has 0 aromatic heterocycles. The van der Waals surface area contributed by atoms with E-state index in [1.54, 1.807) is 4.90 Å². The molecule has 0 saturated carbocycles. The first kappa shape index (κ1) is 17.7. The fourth-order valence-electron chi connectivity index (χ4n) is 2.82. The lowest BCUT2D eigenvalue weighted by Gasteiger charge is -2.33. The van der Waals surface area contributed by atoms with Crippen LogP contribution in [0.15, 0.2) is 18.2 Å². The number of nitrogens with one attached hydrogen (secondary N) is 1. The van der Waals surface area contributed by atoms with Gasteiger partial charge in [-0.05, 0) is 43.4 Å². The third-order valence-corrected chi connectivity index (χ3v) is 4.35. The van der Waals surface area contributed by atoms with Crippen molar-refractivity contribution in [3.8, 4) is 0 Å². The minimum Gasteiger partial charge on any atom is -0.356 e. The zero-order valence-corrected chi connectivity index (χ0v) is 14.0. The van der Waals surface area contributed by atoms with Gasteiger partial charge < -0.3 is 10.2 Å². The van der Waals surface area contributed by atoms with Gasteiger partial charge in [0.25, 0.3) is 5.91 Å². The van der Waals surface area contributed by atoms with Crippen molar-refractivity contribution in [2.75, 3.05) is 19.6 Å². The molecule has 1 fully saturated rings. The molecule has 0 unspecified atom stereocenters. The Morgan fingerprint density at radius 1 is 1.43 bits per heavy atom. The molecule has 2 rings (SSSR count). The molecule has 0 spiro atoms. The average Bonchev–Trinajstić information content (AvgIpc) is 2.53. The zero-order chi connectivity index (χ0) is 16.8. The Kier molecular flexibility index (Phi) is 6.39. The number of benzene rings is 1. The van der Waals surface area contributed by atoms with Crippen LogP contribution in [0.3, 0.4) is 0 Å². The Morgan fingerprint density at radius 3 is 2.91 bits per heavy atom. The summed E-state index contributed by atoms with van der Waals surface area (Å²) in [4.78, 5) is 25.8. The lowest BCUT2D eigenvalue weighted by molar-refractivity contribution is -0.121. The zero-order valence-electron chi connectivity index (χ0n) is 13.3. The summed E-state index contributed by atoms with van der Waals surface area (Å²) in [6, 6.07) is 3.82. The van der Waals surface area contributed by atoms with E-state index in [0.717, 1.165) is 25.3 Å². The van der Waals surface area contributed by atoms with Crippen molar-refractivity contribution < 1.29 is 14.0 Å². The summed E-state index contributed by atoms with van der Waals surface area (Å²) in [5, 5.41) is 3.05. The second kappa shape index (κ2) is 8.29. The number of hydrogen-bond acceptors (Lipinski definition) is 2. The molecule has 1 saturated heterocycles. The van der Waals surface area contributed by atoms with Crippen LogP contribution in [0.5, 0.6) is 0 Å². The maximum Gasteiger partial charge on any atom is 0.255 e. The summed E-state index contributed by atoms with van der Waals surface area (Å²) in [6.45, 7) is 3.79. The first-order chi connectivity index (χ1) is 11.0. The molecule has 2 amide bonds. The number of nitrogens with zero attached hydrogens (tertiary/aromatic N) is 1. The van der Waals surface area contributed by atoms with E-state index < -0.39 is 5.82 Å². The van der Waals surface area contributed by atoms with E-state index in [0.29, 0.717) is 31.6 Å². The minimum atomic E-state index is -0.457. The van der Waals surface area contributed by atoms with Crippen LogP contribution in [0.2, 0.25) is 5.02 Å². The van der Waals surface area contributed by atoms with Crippen LogP contribution >= 0.6 is 11.6 Å². The Morgan fingerprint density at radius 2 is 2.22 bits per heavy atom. The second-order valence-corrected chi connectivity index (χ2v) is 6.34. The van der Waals surface area contributed by atoms with Gasteiger partial charge in [0.05, 0.1) is 10.6 Å². The summed E-state index contributed by atoms with van der Waals surface area (Å²) in [6.07, 6.45) is 3.22. The normalized spacial score (nSPS) is 17.9. The number of hydrogen-bond donors (Lipinski definition) is 1. The summed E-state index contributed by atoms with van der Waals surface area (Å²) >= 11 is 5.97. The van der Waals surface area contributed by atoms with Gasteiger partial charge in [-0.25, -0.2) is 4.39 Å². The molecule has 0 bridgehead atoms. The SMILES string of the molecule is CCCC(=O)NC[C@H]1CCCN(C(=O)c2ccc(F)cc2Cl)C1. The molecular weight excluding hydrogens is 319 g/mol. The van der Waals surface area contributed by atoms with Crippen molar-refractivity contribution in [1.82, 2.24) is 10.2 Å². The fourth-order valence-corrected chi connectivity index (χ4v) is 3.07. The number of halogens is 2. The molecule has 1 heterocycles. The standard InChI is InChI=1S/C17H22ClFN2O2/c1-2-4-16(22)20-10-12-5-3-8-21(11-12)17(23)14-7-6-13(19)9-15(14)18/h6-7,9,12H,2-5,8,10-11H2,1H3,(H,20,22)/t12-/m1/s1. The molecule has 1 aliphatic rings. The van der Waals surface area contributed by atoms with Crippen molar-refractivity contribution >= 4 is 23.4 Å². The van der Waals surface area contributed by atoms with Crippen molar-refractivity contribution in [2.45, 2.75) is 32.6 Å². The molecule has 4 nitrogen and oxygen atoms in total. The maximum absolute atomic E-state index is 13.1. The fraction of sp³-hybridized carbons (Fsp3) is 0.529. The van der Waals surface area contributed by atoms with Gasteiger partial charge in [0.2, 0.25) is 5.91 Å². The van der Waals surface area contributed by atoms with Gasteiger partial charge in [-0.3, -0.25) is 9.59 Å². The number of amides is 2. The maximum atomic E-state index is 13.1. The Balaban J connectivity index is 1.95. The van der Waals surface area contributed by atoms with Crippen LogP contribution in [-0.4, -0.2) is 36.3 Å². The van der Waals surface area contributed by atoms with Gasteiger partial charge in [0, 0.05) is 26.1 Å². The molecule has 1 N–H and O–H groups in total. The van der Waals surface area contributed by atoms with Crippen molar-refractivity contribution in [3.63, 3.8) is 0 Å². The molecule has 0 aliphatic carbocycles. The van der Waals surface area contributed by atoms with Gasteiger partial charge in [-0.15, -0.1) is 0 Å². The third-order valence-electron chi connectivity index (χ3n) is 4.03. The topological polar surface area (TPSA) is 49.4 Å². The van der Waals surface area contributed by atoms with E-state index in [-0.39, 0.29) is 22.8 Å². The summed E-state index contributed by atoms with van der Waals surface area (Å²) in [5.41, 5.74) is 0.323. The Labute approximate surface area is 141 Å². The van der Waals surface area contributed by atoms with Crippen LogP contribution in [0.1, 0.15) is 43.0 Å². The number of rotatable bonds is 5. The Hall–Kier alpha value is -1.62. The second-order valence-electron chi connectivity index (χ2n) is 5.94. The molecule has 0 radical (unpaired) electrons. The van der Waals surface area contributed by atoms with Crippen molar-refractivity contribution in [1.29, 1.82) is 0 Å². The predicted octanol–water partition coefficient (Wildman–Crippen LogP) is 3.25. The number of carbonyl (C=O) groups excluding carboxylic acids is 2. The minimum absolute atomic E-state index is 0.0533. The smallest absolute Gasteiger partial charge is 0.255 e. The van der Waals surface area contributed by atoms with E-state index >= 15 is 0 Å². The first-order valence-corrected chi connectivity index (χ1v) is 8.40. The highest BCUT2D eigenvalue weighted by Crippen LogP contribution is 2.23. The number of carbonyl (C=O) groups is 2. The summed E-state index contributed by atoms with van der Waals surface area (Å²) < 4.78 is 13.1.